The van der Waals surface area contributed by atoms with Crippen molar-refractivity contribution >= 4 is 39.1 Å². The first-order valence-electron chi connectivity index (χ1n) is 10.9. The van der Waals surface area contributed by atoms with Crippen molar-refractivity contribution in [3.63, 3.8) is 0 Å². The van der Waals surface area contributed by atoms with Crippen LogP contribution >= 0.6 is 15.9 Å². The number of Topliss-reactive ketones (excluding diaryl/α,β-unsaturated/α-hetero) is 1. The van der Waals surface area contributed by atoms with E-state index in [4.69, 9.17) is 4.74 Å². The van der Waals surface area contributed by atoms with Gasteiger partial charge in [0.15, 0.2) is 5.78 Å². The topological polar surface area (TPSA) is 83.9 Å². The van der Waals surface area contributed by atoms with Gasteiger partial charge in [-0.25, -0.2) is 0 Å². The van der Waals surface area contributed by atoms with E-state index in [0.717, 1.165) is 34.5 Å². The van der Waals surface area contributed by atoms with Crippen LogP contribution < -0.4 is 10.1 Å². The molecule has 3 aromatic rings. The van der Waals surface area contributed by atoms with E-state index in [1.54, 1.807) is 43.6 Å². The van der Waals surface area contributed by atoms with Gasteiger partial charge in [0.05, 0.1) is 25.8 Å². The summed E-state index contributed by atoms with van der Waals surface area (Å²) in [5.41, 5.74) is 3.73. The molecule has 0 bridgehead atoms. The lowest BCUT2D eigenvalue weighted by Gasteiger charge is -2.15. The second-order valence-corrected chi connectivity index (χ2v) is 9.01. The van der Waals surface area contributed by atoms with Crippen molar-refractivity contribution in [2.75, 3.05) is 32.6 Å². The van der Waals surface area contributed by atoms with Crippen molar-refractivity contribution in [2.45, 2.75) is 13.3 Å². The predicted molar refractivity (Wildman–Crippen MR) is 136 cm³/mol. The number of aryl methyl sites for hydroxylation is 1. The summed E-state index contributed by atoms with van der Waals surface area (Å²) in [6, 6.07) is 14.4. The maximum atomic E-state index is 13.2. The Hall–Kier alpha value is -3.52. The molecule has 0 fully saturated rings. The van der Waals surface area contributed by atoms with Crippen molar-refractivity contribution in [2.24, 2.45) is 4.99 Å². The number of hydrogen-bond acceptors (Lipinski definition) is 6. The summed E-state index contributed by atoms with van der Waals surface area (Å²) in [7, 11) is 3.56. The summed E-state index contributed by atoms with van der Waals surface area (Å²) in [5, 5.41) is 2.91. The molecule has 0 atom stereocenters. The third kappa shape index (κ3) is 5.17. The zero-order valence-electron chi connectivity index (χ0n) is 19.3. The van der Waals surface area contributed by atoms with Gasteiger partial charge in [0.2, 0.25) is 0 Å². The molecule has 8 heteroatoms. The van der Waals surface area contributed by atoms with Gasteiger partial charge in [-0.1, -0.05) is 12.1 Å². The molecule has 0 spiro atoms. The number of likely N-dealkylation sites (N-methyl/N-ethyl adjacent to an activating group) is 1. The molecule has 1 aliphatic heterocycles. The van der Waals surface area contributed by atoms with Crippen molar-refractivity contribution < 1.29 is 14.3 Å². The number of carbonyl (C=O) groups excluding carboxylic acids is 2. The minimum Gasteiger partial charge on any atom is -0.496 e. The molecule has 174 valence electrons. The fourth-order valence-corrected chi connectivity index (χ4v) is 4.06. The number of carbonyl (C=O) groups is 2. The molecule has 4 rings (SSSR count). The number of anilines is 1. The minimum absolute atomic E-state index is 0.104. The molecule has 2 heterocycles. The van der Waals surface area contributed by atoms with Crippen LogP contribution in [0, 0.1) is 6.92 Å². The van der Waals surface area contributed by atoms with Crippen LogP contribution in [-0.4, -0.2) is 54.7 Å². The third-order valence-corrected chi connectivity index (χ3v) is 6.15. The van der Waals surface area contributed by atoms with E-state index in [-0.39, 0.29) is 18.1 Å². The number of nitrogens with one attached hydrogen (secondary N) is 1. The number of rotatable bonds is 7. The van der Waals surface area contributed by atoms with Gasteiger partial charge in [-0.15, -0.1) is 0 Å². The van der Waals surface area contributed by atoms with Gasteiger partial charge in [0.1, 0.15) is 11.6 Å². The van der Waals surface area contributed by atoms with Gasteiger partial charge >= 0.3 is 0 Å². The van der Waals surface area contributed by atoms with E-state index in [9.17, 15) is 9.59 Å². The Balaban J connectivity index is 1.58. The molecule has 0 unspecified atom stereocenters. The van der Waals surface area contributed by atoms with Gasteiger partial charge in [-0.3, -0.25) is 19.6 Å². The minimum atomic E-state index is -0.298. The number of hydrogen-bond donors (Lipinski definition) is 1. The summed E-state index contributed by atoms with van der Waals surface area (Å²) in [5.74, 6) is 1.04. The van der Waals surface area contributed by atoms with Gasteiger partial charge in [-0.05, 0) is 64.8 Å². The molecule has 0 aliphatic carbocycles. The molecular weight excluding hydrogens is 496 g/mol. The number of amides is 1. The number of pyridine rings is 1. The van der Waals surface area contributed by atoms with Crippen LogP contribution in [0.25, 0.3) is 0 Å². The number of halogens is 1. The van der Waals surface area contributed by atoms with Crippen molar-refractivity contribution in [3.8, 4) is 5.75 Å². The summed E-state index contributed by atoms with van der Waals surface area (Å²) >= 11 is 3.35. The SMILES string of the molecule is COc1cc(C(=O)Cc2ccc(Br)cn2)c(NC(=O)c2ccc(C3=NCCN3C)cc2)cc1C. The molecular formula is C26H25BrN4O3. The lowest BCUT2D eigenvalue weighted by atomic mass is 10.0. The molecule has 1 amide bonds. The summed E-state index contributed by atoms with van der Waals surface area (Å²) in [6.07, 6.45) is 1.76. The number of benzene rings is 2. The second kappa shape index (κ2) is 10.2. The van der Waals surface area contributed by atoms with Crippen molar-refractivity contribution in [1.82, 2.24) is 9.88 Å². The zero-order valence-corrected chi connectivity index (χ0v) is 20.8. The summed E-state index contributed by atoms with van der Waals surface area (Å²) in [6.45, 7) is 3.53. The Bertz CT molecular complexity index is 1250. The average molecular weight is 521 g/mol. The number of ketones is 1. The fraction of sp³-hybridized carbons (Fsp3) is 0.231. The Morgan fingerprint density at radius 3 is 2.53 bits per heavy atom. The molecule has 2 aromatic carbocycles. The van der Waals surface area contributed by atoms with Crippen LogP contribution in [0.4, 0.5) is 5.69 Å². The van der Waals surface area contributed by atoms with Crippen molar-refractivity contribution in [1.29, 1.82) is 0 Å². The van der Waals surface area contributed by atoms with Crippen LogP contribution in [0.2, 0.25) is 0 Å². The number of aliphatic imine (C=N–C) groups is 1. The van der Waals surface area contributed by atoms with Gasteiger partial charge in [0, 0.05) is 46.6 Å². The average Bonchev–Trinajstić information content (AvgIpc) is 3.26. The number of ether oxygens (including phenoxy) is 1. The maximum Gasteiger partial charge on any atom is 0.255 e. The first-order valence-corrected chi connectivity index (χ1v) is 11.6. The van der Waals surface area contributed by atoms with Gasteiger partial charge in [-0.2, -0.15) is 0 Å². The van der Waals surface area contributed by atoms with Crippen LogP contribution in [-0.2, 0) is 6.42 Å². The van der Waals surface area contributed by atoms with Crippen LogP contribution in [0.5, 0.6) is 5.75 Å². The lowest BCUT2D eigenvalue weighted by Crippen LogP contribution is -2.23. The third-order valence-electron chi connectivity index (χ3n) is 5.68. The normalized spacial score (nSPS) is 12.9. The molecule has 0 saturated heterocycles. The number of methoxy groups -OCH3 is 1. The van der Waals surface area contributed by atoms with E-state index < -0.39 is 0 Å². The van der Waals surface area contributed by atoms with Gasteiger partial charge < -0.3 is 15.0 Å². The van der Waals surface area contributed by atoms with Crippen LogP contribution in [0.1, 0.15) is 37.5 Å². The largest absolute Gasteiger partial charge is 0.496 e. The quantitative estimate of drug-likeness (QED) is 0.462. The fourth-order valence-electron chi connectivity index (χ4n) is 3.82. The molecule has 0 radical (unpaired) electrons. The van der Waals surface area contributed by atoms with Crippen LogP contribution in [0.3, 0.4) is 0 Å². The molecule has 1 N–H and O–H groups in total. The zero-order chi connectivity index (χ0) is 24.2. The summed E-state index contributed by atoms with van der Waals surface area (Å²) in [4.78, 5) is 37.1. The van der Waals surface area contributed by atoms with E-state index in [1.807, 2.05) is 32.2 Å². The predicted octanol–water partition coefficient (Wildman–Crippen LogP) is 4.53. The maximum absolute atomic E-state index is 13.2. The second-order valence-electron chi connectivity index (χ2n) is 8.09. The Labute approximate surface area is 207 Å². The Morgan fingerprint density at radius 2 is 1.91 bits per heavy atom. The Kier molecular flexibility index (Phi) is 7.07. The first kappa shape index (κ1) is 23.6. The van der Waals surface area contributed by atoms with E-state index >= 15 is 0 Å². The highest BCUT2D eigenvalue weighted by Crippen LogP contribution is 2.28. The molecule has 1 aromatic heterocycles. The monoisotopic (exact) mass is 520 g/mol. The molecule has 34 heavy (non-hydrogen) atoms. The molecule has 0 saturated carbocycles. The van der Waals surface area contributed by atoms with Crippen molar-refractivity contribution in [3.05, 3.63) is 87.1 Å². The first-order chi connectivity index (χ1) is 16.4. The highest BCUT2D eigenvalue weighted by atomic mass is 79.9. The molecule has 1 aliphatic rings. The highest BCUT2D eigenvalue weighted by molar-refractivity contribution is 9.10. The summed E-state index contributed by atoms with van der Waals surface area (Å²) < 4.78 is 6.25. The highest BCUT2D eigenvalue weighted by Gasteiger charge is 2.19. The lowest BCUT2D eigenvalue weighted by molar-refractivity contribution is 0.0992. The number of nitrogens with zero attached hydrogens (tertiary/aromatic N) is 3. The smallest absolute Gasteiger partial charge is 0.255 e. The van der Waals surface area contributed by atoms with E-state index in [1.165, 1.54) is 0 Å². The van der Waals surface area contributed by atoms with E-state index in [2.05, 4.69) is 36.1 Å². The molecule has 7 nitrogen and oxygen atoms in total. The van der Waals surface area contributed by atoms with Gasteiger partial charge in [0.25, 0.3) is 5.91 Å². The number of aromatic nitrogens is 1. The van der Waals surface area contributed by atoms with Crippen LogP contribution in [0.15, 0.2) is 64.2 Å². The Morgan fingerprint density at radius 1 is 1.15 bits per heavy atom. The van der Waals surface area contributed by atoms with E-state index in [0.29, 0.717) is 28.3 Å². The number of amidine groups is 1. The standard InChI is InChI=1S/C26H25BrN4O3/c1-16-12-22(21(14-24(16)34-3)23(32)13-20-9-8-19(27)15-29-20)30-26(33)18-6-4-17(5-7-18)25-28-10-11-31(25)2/h4-9,12,14-15H,10-11,13H2,1-3H3,(H,30,33).